The number of carbonyl (C=O) groups excluding carboxylic acids is 1. The van der Waals surface area contributed by atoms with Crippen molar-refractivity contribution in [3.63, 3.8) is 0 Å². The van der Waals surface area contributed by atoms with Crippen molar-refractivity contribution in [2.45, 2.75) is 57.1 Å². The minimum atomic E-state index is -3.27. The third kappa shape index (κ3) is 4.96. The van der Waals surface area contributed by atoms with Gasteiger partial charge in [0.25, 0.3) is 0 Å². The fraction of sp³-hybridized carbons (Fsp3) is 0.700. The maximum Gasteiger partial charge on any atom is 0.410 e. The molecule has 1 aromatic rings. The summed E-state index contributed by atoms with van der Waals surface area (Å²) < 4.78 is 28.6. The molecule has 2 aliphatic rings. The molecule has 8 heteroatoms. The number of hydrogen-bond donors (Lipinski definition) is 0. The van der Waals surface area contributed by atoms with Crippen LogP contribution in [-0.4, -0.2) is 62.4 Å². The van der Waals surface area contributed by atoms with E-state index in [4.69, 9.17) is 4.74 Å². The van der Waals surface area contributed by atoms with E-state index in [2.05, 4.69) is 9.88 Å². The highest BCUT2D eigenvalue weighted by molar-refractivity contribution is 7.90. The maximum absolute atomic E-state index is 12.3. The number of sulfone groups is 1. The summed E-state index contributed by atoms with van der Waals surface area (Å²) in [6, 6.07) is 3.42. The van der Waals surface area contributed by atoms with Crippen LogP contribution in [0.3, 0.4) is 0 Å². The Morgan fingerprint density at radius 3 is 2.11 bits per heavy atom. The zero-order chi connectivity index (χ0) is 20.6. The first-order chi connectivity index (χ1) is 13.0. The minimum absolute atomic E-state index is 0.110. The Labute approximate surface area is 168 Å². The van der Waals surface area contributed by atoms with Gasteiger partial charge < -0.3 is 14.5 Å². The van der Waals surface area contributed by atoms with Crippen LogP contribution in [0.5, 0.6) is 0 Å². The molecule has 0 saturated carbocycles. The third-order valence-corrected chi connectivity index (χ3v) is 6.77. The number of nitrogens with zero attached hydrogens (tertiary/aromatic N) is 3. The molecule has 156 valence electrons. The lowest BCUT2D eigenvalue weighted by molar-refractivity contribution is 0.00666. The van der Waals surface area contributed by atoms with Crippen LogP contribution in [-0.2, 0) is 14.6 Å². The smallest absolute Gasteiger partial charge is 0.410 e. The maximum atomic E-state index is 12.3. The molecule has 1 amide bonds. The topological polar surface area (TPSA) is 79.8 Å². The quantitative estimate of drug-likeness (QED) is 0.747. The minimum Gasteiger partial charge on any atom is -0.444 e. The van der Waals surface area contributed by atoms with Crippen molar-refractivity contribution in [1.29, 1.82) is 0 Å². The molecule has 7 nitrogen and oxygen atoms in total. The van der Waals surface area contributed by atoms with Gasteiger partial charge in [0, 0.05) is 32.4 Å². The Morgan fingerprint density at radius 1 is 1.07 bits per heavy atom. The van der Waals surface area contributed by atoms with Crippen LogP contribution in [0.1, 0.15) is 46.5 Å². The fourth-order valence-corrected chi connectivity index (χ4v) is 4.57. The highest BCUT2D eigenvalue weighted by Gasteiger charge is 2.39. The molecule has 2 aliphatic heterocycles. The number of carbonyl (C=O) groups is 1. The van der Waals surface area contributed by atoms with Crippen molar-refractivity contribution >= 4 is 21.6 Å². The Balaban J connectivity index is 1.54. The van der Waals surface area contributed by atoms with E-state index in [9.17, 15) is 13.2 Å². The van der Waals surface area contributed by atoms with Gasteiger partial charge in [-0.05, 0) is 64.0 Å². The molecule has 0 aliphatic carbocycles. The van der Waals surface area contributed by atoms with Crippen LogP contribution in [0.15, 0.2) is 23.4 Å². The van der Waals surface area contributed by atoms with Crippen LogP contribution >= 0.6 is 0 Å². The normalized spacial score (nSPS) is 20.3. The van der Waals surface area contributed by atoms with Crippen LogP contribution in [0, 0.1) is 5.41 Å². The van der Waals surface area contributed by atoms with Gasteiger partial charge in [0.15, 0.2) is 14.9 Å². The first-order valence-electron chi connectivity index (χ1n) is 9.87. The van der Waals surface area contributed by atoms with E-state index >= 15 is 0 Å². The fourth-order valence-electron chi connectivity index (χ4n) is 4.01. The number of aromatic nitrogens is 1. The molecule has 3 rings (SSSR count). The summed E-state index contributed by atoms with van der Waals surface area (Å²) in [5, 5.41) is 0.110. The monoisotopic (exact) mass is 409 g/mol. The molecule has 2 fully saturated rings. The van der Waals surface area contributed by atoms with Gasteiger partial charge in [0.1, 0.15) is 5.60 Å². The first-order valence-corrected chi connectivity index (χ1v) is 11.8. The van der Waals surface area contributed by atoms with Crippen molar-refractivity contribution in [2.75, 3.05) is 37.3 Å². The van der Waals surface area contributed by atoms with Crippen LogP contribution in [0.25, 0.3) is 0 Å². The van der Waals surface area contributed by atoms with E-state index < -0.39 is 15.4 Å². The molecular formula is C20H31N3O4S. The van der Waals surface area contributed by atoms with Gasteiger partial charge in [-0.3, -0.25) is 0 Å². The van der Waals surface area contributed by atoms with Gasteiger partial charge in [-0.15, -0.1) is 0 Å². The van der Waals surface area contributed by atoms with Crippen LogP contribution in [0.4, 0.5) is 10.5 Å². The van der Waals surface area contributed by atoms with Crippen LogP contribution in [0.2, 0.25) is 0 Å². The number of amides is 1. The highest BCUT2D eigenvalue weighted by atomic mass is 32.2. The van der Waals surface area contributed by atoms with E-state index in [1.165, 1.54) is 6.26 Å². The predicted octanol–water partition coefficient (Wildman–Crippen LogP) is 3.10. The van der Waals surface area contributed by atoms with Gasteiger partial charge in [-0.2, -0.15) is 0 Å². The third-order valence-electron chi connectivity index (χ3n) is 5.77. The van der Waals surface area contributed by atoms with Crippen molar-refractivity contribution in [3.8, 4) is 0 Å². The summed E-state index contributed by atoms with van der Waals surface area (Å²) in [5.41, 5.74) is 0.793. The molecule has 28 heavy (non-hydrogen) atoms. The van der Waals surface area contributed by atoms with Gasteiger partial charge in [0.05, 0.1) is 11.9 Å². The van der Waals surface area contributed by atoms with Crippen molar-refractivity contribution in [2.24, 2.45) is 5.41 Å². The Hall–Kier alpha value is -1.83. The van der Waals surface area contributed by atoms with Gasteiger partial charge in [-0.1, -0.05) is 0 Å². The molecule has 0 unspecified atom stereocenters. The standard InChI is InChI=1S/C20H31N3O4S/c1-19(2,3)27-18(24)23-13-9-20(10-14-23)7-11-22(12-8-20)16-5-6-17(21-15-16)28(4,25)26/h5-6,15H,7-14H2,1-4H3. The van der Waals surface area contributed by atoms with E-state index in [0.717, 1.165) is 57.5 Å². The average molecular weight is 410 g/mol. The summed E-state index contributed by atoms with van der Waals surface area (Å²) in [6.45, 7) is 9.02. The molecule has 1 spiro atoms. The highest BCUT2D eigenvalue weighted by Crippen LogP contribution is 2.42. The van der Waals surface area contributed by atoms with Gasteiger partial charge >= 0.3 is 6.09 Å². The summed E-state index contributed by atoms with van der Waals surface area (Å²) in [5.74, 6) is 0. The molecule has 1 aromatic heterocycles. The van der Waals surface area contributed by atoms with E-state index in [1.807, 2.05) is 31.7 Å². The second-order valence-electron chi connectivity index (χ2n) is 9.08. The lowest BCUT2D eigenvalue weighted by Crippen LogP contribution is -2.49. The molecule has 0 aromatic carbocycles. The second-order valence-corrected chi connectivity index (χ2v) is 11.0. The summed E-state index contributed by atoms with van der Waals surface area (Å²) >= 11 is 0. The number of likely N-dealkylation sites (tertiary alicyclic amines) is 1. The number of anilines is 1. The van der Waals surface area contributed by atoms with Crippen molar-refractivity contribution in [3.05, 3.63) is 18.3 Å². The van der Waals surface area contributed by atoms with Crippen LogP contribution < -0.4 is 4.90 Å². The molecule has 2 saturated heterocycles. The van der Waals surface area contributed by atoms with E-state index in [-0.39, 0.29) is 16.5 Å². The molecular weight excluding hydrogens is 378 g/mol. The molecule has 0 N–H and O–H groups in total. The van der Waals surface area contributed by atoms with E-state index in [1.54, 1.807) is 12.3 Å². The molecule has 3 heterocycles. The zero-order valence-corrected chi connectivity index (χ0v) is 18.1. The zero-order valence-electron chi connectivity index (χ0n) is 17.3. The molecule has 0 bridgehead atoms. The molecule has 0 atom stereocenters. The molecule has 0 radical (unpaired) electrons. The number of pyridine rings is 1. The van der Waals surface area contributed by atoms with E-state index in [0.29, 0.717) is 0 Å². The predicted molar refractivity (Wildman–Crippen MR) is 108 cm³/mol. The Kier molecular flexibility index (Phi) is 5.62. The summed E-state index contributed by atoms with van der Waals surface area (Å²) in [6.07, 6.45) is 6.77. The largest absolute Gasteiger partial charge is 0.444 e. The van der Waals surface area contributed by atoms with Gasteiger partial charge in [0.2, 0.25) is 0 Å². The average Bonchev–Trinajstić information content (AvgIpc) is 2.61. The second kappa shape index (κ2) is 7.54. The first kappa shape index (κ1) is 20.9. The van der Waals surface area contributed by atoms with Crippen molar-refractivity contribution in [1.82, 2.24) is 9.88 Å². The SMILES string of the molecule is CC(C)(C)OC(=O)N1CCC2(CC1)CCN(c1ccc(S(C)(=O)=O)nc1)CC2. The number of ether oxygens (including phenoxy) is 1. The van der Waals surface area contributed by atoms with Gasteiger partial charge in [-0.25, -0.2) is 18.2 Å². The number of piperidine rings is 2. The van der Waals surface area contributed by atoms with Crippen molar-refractivity contribution < 1.29 is 17.9 Å². The summed E-state index contributed by atoms with van der Waals surface area (Å²) in [7, 11) is -3.27. The number of rotatable bonds is 2. The lowest BCUT2D eigenvalue weighted by Gasteiger charge is -2.47. The Morgan fingerprint density at radius 2 is 1.64 bits per heavy atom. The summed E-state index contributed by atoms with van der Waals surface area (Å²) in [4.78, 5) is 20.5. The lowest BCUT2D eigenvalue weighted by atomic mass is 9.71. The number of hydrogen-bond acceptors (Lipinski definition) is 6. The Bertz CT molecular complexity index is 797.